The molecular weight excluding hydrogens is 684 g/mol. The molecule has 0 aliphatic carbocycles. The lowest BCUT2D eigenvalue weighted by atomic mass is 9.84. The number of carbonyl (C=O) groups is 2. The molecule has 0 aliphatic rings. The Bertz CT molecular complexity index is 2120. The van der Waals surface area contributed by atoms with Gasteiger partial charge in [0.1, 0.15) is 11.0 Å². The Morgan fingerprint density at radius 2 is 1.02 bits per heavy atom. The molecule has 0 radical (unpaired) electrons. The van der Waals surface area contributed by atoms with Crippen LogP contribution in [0.5, 0.6) is 0 Å². The van der Waals surface area contributed by atoms with Gasteiger partial charge < -0.3 is 19.7 Å². The summed E-state index contributed by atoms with van der Waals surface area (Å²) in [4.78, 5) is 24.6. The highest BCUT2D eigenvalue weighted by Crippen LogP contribution is 2.36. The molecule has 0 saturated carbocycles. The molecule has 284 valence electrons. The van der Waals surface area contributed by atoms with E-state index in [1.54, 1.807) is 23.2 Å². The third-order valence-electron chi connectivity index (χ3n) is 10.2. The number of hydrogen-bond acceptors (Lipinski definition) is 10. The predicted molar refractivity (Wildman–Crippen MR) is 207 cm³/mol. The van der Waals surface area contributed by atoms with Gasteiger partial charge in [0.25, 0.3) is 0 Å². The summed E-state index contributed by atoms with van der Waals surface area (Å²) in [6, 6.07) is 20.0. The minimum absolute atomic E-state index is 0.0338. The first-order valence-electron chi connectivity index (χ1n) is 18.2. The van der Waals surface area contributed by atoms with Gasteiger partial charge in [0, 0.05) is 25.9 Å². The van der Waals surface area contributed by atoms with E-state index in [0.29, 0.717) is 13.2 Å². The Morgan fingerprint density at radius 1 is 0.630 bits per heavy atom. The van der Waals surface area contributed by atoms with Crippen LogP contribution in [0.1, 0.15) is 94.2 Å². The number of rotatable bonds is 12. The number of aliphatic hydroxyl groups is 2. The van der Waals surface area contributed by atoms with E-state index in [1.165, 1.54) is 0 Å². The second kappa shape index (κ2) is 17.6. The van der Waals surface area contributed by atoms with Crippen LogP contribution in [0.4, 0.5) is 0 Å². The number of hydrogen-bond donors (Lipinski definition) is 2. The number of nitrogens with zero attached hydrogens (tertiary/aromatic N) is 6. The van der Waals surface area contributed by atoms with Crippen molar-refractivity contribution in [2.24, 2.45) is 14.1 Å². The van der Waals surface area contributed by atoms with Crippen molar-refractivity contribution in [1.29, 1.82) is 0 Å². The SMILES string of the molecule is CCOC(=O)C[C@@H](c1ccc(C)c(CO)c1)c1ccc2c(nnn2C)c1C.CCOC(=O)C[C@H](c1ccc(C)c(CO)c1)c1ccc2c(nnn2C)c1C. The van der Waals surface area contributed by atoms with Gasteiger partial charge in [0.05, 0.1) is 50.3 Å². The molecule has 6 aromatic rings. The molecule has 0 fully saturated rings. The Hall–Kier alpha value is -5.46. The summed E-state index contributed by atoms with van der Waals surface area (Å²) < 4.78 is 13.9. The van der Waals surface area contributed by atoms with E-state index in [1.807, 2.05) is 102 Å². The molecule has 2 aromatic heterocycles. The highest BCUT2D eigenvalue weighted by atomic mass is 16.5. The minimum atomic E-state index is -0.243. The maximum atomic E-state index is 12.3. The monoisotopic (exact) mass is 734 g/mol. The summed E-state index contributed by atoms with van der Waals surface area (Å²) in [6.07, 6.45) is 0.461. The van der Waals surface area contributed by atoms with Crippen molar-refractivity contribution >= 4 is 34.0 Å². The van der Waals surface area contributed by atoms with E-state index < -0.39 is 0 Å². The molecule has 0 aliphatic heterocycles. The van der Waals surface area contributed by atoms with Crippen molar-refractivity contribution in [2.45, 2.75) is 79.4 Å². The van der Waals surface area contributed by atoms with E-state index in [9.17, 15) is 19.8 Å². The number of aryl methyl sites for hydroxylation is 6. The van der Waals surface area contributed by atoms with Crippen LogP contribution in [0.25, 0.3) is 22.1 Å². The number of aromatic nitrogens is 6. The molecule has 0 saturated heterocycles. The van der Waals surface area contributed by atoms with Crippen LogP contribution in [0.2, 0.25) is 0 Å². The molecule has 2 N–H and O–H groups in total. The fraction of sp³-hybridized carbons (Fsp3) is 0.381. The molecule has 6 rings (SSSR count). The van der Waals surface area contributed by atoms with Crippen LogP contribution in [-0.2, 0) is 46.4 Å². The lowest BCUT2D eigenvalue weighted by Crippen LogP contribution is -2.13. The lowest BCUT2D eigenvalue weighted by Gasteiger charge is -2.21. The summed E-state index contributed by atoms with van der Waals surface area (Å²) in [7, 11) is 3.72. The zero-order valence-corrected chi connectivity index (χ0v) is 32.4. The highest BCUT2D eigenvalue weighted by molar-refractivity contribution is 5.81. The summed E-state index contributed by atoms with van der Waals surface area (Å²) in [6.45, 7) is 12.2. The molecule has 12 heteroatoms. The summed E-state index contributed by atoms with van der Waals surface area (Å²) in [5, 5.41) is 36.0. The van der Waals surface area contributed by atoms with Gasteiger partial charge in [-0.2, -0.15) is 0 Å². The largest absolute Gasteiger partial charge is 0.466 e. The van der Waals surface area contributed by atoms with Crippen LogP contribution < -0.4 is 0 Å². The second-order valence-electron chi connectivity index (χ2n) is 13.5. The Kier molecular flexibility index (Phi) is 12.9. The Balaban J connectivity index is 0.000000208. The predicted octanol–water partition coefficient (Wildman–Crippen LogP) is 6.33. The maximum absolute atomic E-state index is 12.3. The molecule has 0 amide bonds. The van der Waals surface area contributed by atoms with Crippen molar-refractivity contribution < 1.29 is 29.3 Å². The average molecular weight is 735 g/mol. The van der Waals surface area contributed by atoms with Gasteiger partial charge in [-0.15, -0.1) is 10.2 Å². The van der Waals surface area contributed by atoms with Gasteiger partial charge in [-0.3, -0.25) is 9.59 Å². The van der Waals surface area contributed by atoms with Gasteiger partial charge in [-0.25, -0.2) is 9.36 Å². The Morgan fingerprint density at radius 3 is 1.37 bits per heavy atom. The summed E-state index contributed by atoms with van der Waals surface area (Å²) in [5.41, 5.74) is 13.3. The van der Waals surface area contributed by atoms with Crippen LogP contribution in [0.3, 0.4) is 0 Å². The molecule has 4 aromatic carbocycles. The van der Waals surface area contributed by atoms with Gasteiger partial charge >= 0.3 is 11.9 Å². The van der Waals surface area contributed by atoms with Crippen LogP contribution in [-0.4, -0.2) is 65.4 Å². The number of benzene rings is 4. The van der Waals surface area contributed by atoms with Crippen molar-refractivity contribution in [3.05, 3.63) is 116 Å². The number of aliphatic hydroxyl groups excluding tert-OH is 2. The molecule has 54 heavy (non-hydrogen) atoms. The molecule has 2 heterocycles. The molecule has 0 bridgehead atoms. The molecule has 0 spiro atoms. The number of esters is 2. The van der Waals surface area contributed by atoms with Crippen LogP contribution in [0, 0.1) is 27.7 Å². The third kappa shape index (κ3) is 8.50. The van der Waals surface area contributed by atoms with Crippen molar-refractivity contribution in [2.75, 3.05) is 13.2 Å². The second-order valence-corrected chi connectivity index (χ2v) is 13.5. The smallest absolute Gasteiger partial charge is 0.306 e. The summed E-state index contributed by atoms with van der Waals surface area (Å²) >= 11 is 0. The highest BCUT2D eigenvalue weighted by Gasteiger charge is 2.25. The standard InChI is InChI=1S/2C21H25N3O3/c2*1-5-27-20(26)11-18(15-7-6-13(2)16(10-15)12-25)17-8-9-19-21(14(17)3)22-23-24(19)4/h2*6-10,18,25H,5,11-12H2,1-4H3/t2*18-/m10/s1. The van der Waals surface area contributed by atoms with E-state index >= 15 is 0 Å². The molecular formula is C42H50N6O6. The van der Waals surface area contributed by atoms with E-state index in [-0.39, 0.29) is 49.8 Å². The fourth-order valence-corrected chi connectivity index (χ4v) is 7.00. The van der Waals surface area contributed by atoms with Gasteiger partial charge in [-0.05, 0) is 109 Å². The average Bonchev–Trinajstić information content (AvgIpc) is 3.74. The summed E-state index contributed by atoms with van der Waals surface area (Å²) in [5.74, 6) is -0.845. The zero-order valence-electron chi connectivity index (χ0n) is 32.4. The number of fused-ring (bicyclic) bond motifs is 2. The van der Waals surface area contributed by atoms with Gasteiger partial charge in [0.2, 0.25) is 0 Å². The van der Waals surface area contributed by atoms with Gasteiger partial charge in [0.15, 0.2) is 0 Å². The zero-order chi connectivity index (χ0) is 39.1. The first-order chi connectivity index (χ1) is 25.9. The topological polar surface area (TPSA) is 154 Å². The minimum Gasteiger partial charge on any atom is -0.466 e. The first kappa shape index (κ1) is 39.7. The van der Waals surface area contributed by atoms with Crippen molar-refractivity contribution in [3.8, 4) is 0 Å². The van der Waals surface area contributed by atoms with Gasteiger partial charge in [-0.1, -0.05) is 59.0 Å². The lowest BCUT2D eigenvalue weighted by molar-refractivity contribution is -0.144. The molecule has 12 nitrogen and oxygen atoms in total. The third-order valence-corrected chi connectivity index (χ3v) is 10.2. The van der Waals surface area contributed by atoms with E-state index in [2.05, 4.69) is 20.6 Å². The first-order valence-corrected chi connectivity index (χ1v) is 18.2. The molecule has 0 unspecified atom stereocenters. The van der Waals surface area contributed by atoms with Crippen molar-refractivity contribution in [3.63, 3.8) is 0 Å². The Labute approximate surface area is 315 Å². The number of carbonyl (C=O) groups excluding carboxylic acids is 2. The van der Waals surface area contributed by atoms with E-state index in [4.69, 9.17) is 9.47 Å². The fourth-order valence-electron chi connectivity index (χ4n) is 7.00. The van der Waals surface area contributed by atoms with Crippen LogP contribution in [0.15, 0.2) is 60.7 Å². The van der Waals surface area contributed by atoms with Crippen LogP contribution >= 0.6 is 0 Å². The maximum Gasteiger partial charge on any atom is 0.306 e. The van der Waals surface area contributed by atoms with Crippen molar-refractivity contribution in [1.82, 2.24) is 30.0 Å². The number of ether oxygens (including phenoxy) is 2. The quantitative estimate of drug-likeness (QED) is 0.137. The van der Waals surface area contributed by atoms with E-state index in [0.717, 1.165) is 77.7 Å². The molecule has 2 atom stereocenters. The normalized spacial score (nSPS) is 12.3.